The zero-order chi connectivity index (χ0) is 9.94. The predicted molar refractivity (Wildman–Crippen MR) is 27.2 cm³/mol. The summed E-state index contributed by atoms with van der Waals surface area (Å²) in [4.78, 5) is 29.8. The van der Waals surface area contributed by atoms with Gasteiger partial charge >= 0.3 is 5.97 Å². The van der Waals surface area contributed by atoms with E-state index in [1.165, 1.54) is 0 Å². The highest BCUT2D eigenvalue weighted by Gasteiger charge is 2.37. The smallest absolute Gasteiger partial charge is 0.342 e. The molecule has 0 fully saturated rings. The van der Waals surface area contributed by atoms with Crippen molar-refractivity contribution in [3.05, 3.63) is 0 Å². The Bertz CT molecular complexity index is 216. The van der Waals surface area contributed by atoms with Crippen molar-refractivity contribution < 1.29 is 34.8 Å². The second-order valence-electron chi connectivity index (χ2n) is 2.00. The van der Waals surface area contributed by atoms with E-state index in [1.54, 1.807) is 0 Å². The van der Waals surface area contributed by atoms with Crippen LogP contribution < -0.4 is 10.2 Å². The molecule has 0 radical (unpaired) electrons. The van der Waals surface area contributed by atoms with Crippen LogP contribution in [0.15, 0.2) is 0 Å². The SMILES string of the molecule is O=C([O-])CC(O)(C(=O)[O-])C(=O)O. The average Bonchev–Trinajstić information content (AvgIpc) is 1.84. The first kappa shape index (κ1) is 10.4. The van der Waals surface area contributed by atoms with Crippen LogP contribution in [0.4, 0.5) is 0 Å². The number of carbonyl (C=O) groups excluding carboxylic acids is 2. The molecule has 0 amide bonds. The van der Waals surface area contributed by atoms with Crippen molar-refractivity contribution in [2.24, 2.45) is 0 Å². The zero-order valence-electron chi connectivity index (χ0n) is 5.64. The summed E-state index contributed by atoms with van der Waals surface area (Å²) in [7, 11) is 0. The molecular weight excluding hydrogens is 172 g/mol. The van der Waals surface area contributed by atoms with Crippen molar-refractivity contribution in [2.75, 3.05) is 0 Å². The second kappa shape index (κ2) is 3.18. The Kier molecular flexibility index (Phi) is 2.75. The summed E-state index contributed by atoms with van der Waals surface area (Å²) in [6.45, 7) is 0. The first-order chi connectivity index (χ1) is 5.30. The van der Waals surface area contributed by atoms with E-state index in [4.69, 9.17) is 10.2 Å². The lowest BCUT2D eigenvalue weighted by Gasteiger charge is -2.24. The molecule has 1 unspecified atom stereocenters. The first-order valence-corrected chi connectivity index (χ1v) is 2.67. The van der Waals surface area contributed by atoms with Gasteiger partial charge in [0.15, 0.2) is 0 Å². The van der Waals surface area contributed by atoms with Gasteiger partial charge in [0.25, 0.3) is 0 Å². The number of aliphatic hydroxyl groups is 1. The van der Waals surface area contributed by atoms with Gasteiger partial charge in [0, 0.05) is 12.4 Å². The van der Waals surface area contributed by atoms with Crippen LogP contribution in [0.25, 0.3) is 0 Å². The van der Waals surface area contributed by atoms with Crippen LogP contribution in [-0.2, 0) is 14.4 Å². The molecular formula is C5H4O7-2. The molecule has 0 aliphatic rings. The summed E-state index contributed by atoms with van der Waals surface area (Å²) in [5.74, 6) is -6.59. The minimum absolute atomic E-state index is 1.55. The molecule has 0 saturated heterocycles. The molecule has 0 aromatic carbocycles. The van der Waals surface area contributed by atoms with Crippen LogP contribution in [-0.4, -0.2) is 33.7 Å². The van der Waals surface area contributed by atoms with E-state index in [0.29, 0.717) is 0 Å². The lowest BCUT2D eigenvalue weighted by molar-refractivity contribution is -0.331. The highest BCUT2D eigenvalue weighted by atomic mass is 16.5. The summed E-state index contributed by atoms with van der Waals surface area (Å²) < 4.78 is 0. The van der Waals surface area contributed by atoms with Gasteiger partial charge in [-0.15, -0.1) is 0 Å². The molecule has 7 nitrogen and oxygen atoms in total. The zero-order valence-corrected chi connectivity index (χ0v) is 5.64. The number of carboxylic acids is 3. The van der Waals surface area contributed by atoms with E-state index in [0.717, 1.165) is 0 Å². The minimum Gasteiger partial charge on any atom is -0.550 e. The van der Waals surface area contributed by atoms with Crippen LogP contribution in [0.3, 0.4) is 0 Å². The molecule has 68 valence electrons. The molecule has 12 heavy (non-hydrogen) atoms. The Morgan fingerprint density at radius 2 is 1.67 bits per heavy atom. The Hall–Kier alpha value is -1.63. The molecule has 0 aromatic rings. The lowest BCUT2D eigenvalue weighted by Crippen LogP contribution is -2.56. The monoisotopic (exact) mass is 176 g/mol. The molecule has 0 aromatic heterocycles. The van der Waals surface area contributed by atoms with Crippen molar-refractivity contribution in [1.82, 2.24) is 0 Å². The van der Waals surface area contributed by atoms with Gasteiger partial charge in [-0.1, -0.05) is 0 Å². The van der Waals surface area contributed by atoms with E-state index in [9.17, 15) is 24.6 Å². The maximum Gasteiger partial charge on any atom is 0.342 e. The van der Waals surface area contributed by atoms with Gasteiger partial charge in [0.05, 0.1) is 5.97 Å². The third-order valence-corrected chi connectivity index (χ3v) is 1.09. The first-order valence-electron chi connectivity index (χ1n) is 2.67. The highest BCUT2D eigenvalue weighted by molar-refractivity contribution is 6.03. The highest BCUT2D eigenvalue weighted by Crippen LogP contribution is 2.08. The maximum absolute atomic E-state index is 10.0. The second-order valence-corrected chi connectivity index (χ2v) is 2.00. The number of carbonyl (C=O) groups is 3. The molecule has 0 heterocycles. The van der Waals surface area contributed by atoms with Gasteiger partial charge in [-0.05, 0) is 0 Å². The van der Waals surface area contributed by atoms with Crippen LogP contribution in [0, 0.1) is 0 Å². The van der Waals surface area contributed by atoms with E-state index in [2.05, 4.69) is 0 Å². The molecule has 0 aliphatic carbocycles. The molecule has 0 saturated carbocycles. The van der Waals surface area contributed by atoms with Gasteiger partial charge in [0.1, 0.15) is 0 Å². The number of hydrogen-bond donors (Lipinski definition) is 2. The molecule has 1 atom stereocenters. The number of aliphatic carboxylic acids is 3. The van der Waals surface area contributed by atoms with Gasteiger partial charge in [-0.3, -0.25) is 0 Å². The van der Waals surface area contributed by atoms with Crippen LogP contribution in [0.5, 0.6) is 0 Å². The van der Waals surface area contributed by atoms with Crippen LogP contribution in [0.1, 0.15) is 6.42 Å². The van der Waals surface area contributed by atoms with Crippen molar-refractivity contribution in [3.8, 4) is 0 Å². The Morgan fingerprint density at radius 1 is 1.25 bits per heavy atom. The summed E-state index contributed by atoms with van der Waals surface area (Å²) in [5.41, 5.74) is -3.42. The van der Waals surface area contributed by atoms with E-state index < -0.39 is 29.9 Å². The van der Waals surface area contributed by atoms with Gasteiger partial charge in [-0.25, -0.2) is 4.79 Å². The molecule has 7 heteroatoms. The van der Waals surface area contributed by atoms with E-state index in [-0.39, 0.29) is 0 Å². The summed E-state index contributed by atoms with van der Waals surface area (Å²) in [6, 6.07) is 0. The largest absolute Gasteiger partial charge is 0.550 e. The number of carboxylic acid groups (broad SMARTS) is 3. The van der Waals surface area contributed by atoms with Crippen LogP contribution in [0.2, 0.25) is 0 Å². The topological polar surface area (TPSA) is 138 Å². The third-order valence-electron chi connectivity index (χ3n) is 1.09. The van der Waals surface area contributed by atoms with Crippen LogP contribution >= 0.6 is 0 Å². The Morgan fingerprint density at radius 3 is 1.75 bits per heavy atom. The molecule has 0 rings (SSSR count). The van der Waals surface area contributed by atoms with Crippen molar-refractivity contribution in [1.29, 1.82) is 0 Å². The van der Waals surface area contributed by atoms with Gasteiger partial charge < -0.3 is 30.0 Å². The molecule has 2 N–H and O–H groups in total. The van der Waals surface area contributed by atoms with Gasteiger partial charge in [-0.2, -0.15) is 0 Å². The maximum atomic E-state index is 10.0. The number of hydrogen-bond acceptors (Lipinski definition) is 6. The molecule has 0 bridgehead atoms. The molecule has 0 aliphatic heterocycles. The van der Waals surface area contributed by atoms with Crippen molar-refractivity contribution in [2.45, 2.75) is 12.0 Å². The fourth-order valence-corrected chi connectivity index (χ4v) is 0.444. The van der Waals surface area contributed by atoms with Crippen molar-refractivity contribution >= 4 is 17.9 Å². The van der Waals surface area contributed by atoms with E-state index in [1.807, 2.05) is 0 Å². The summed E-state index contributed by atoms with van der Waals surface area (Å²) in [5, 5.41) is 36.5. The summed E-state index contributed by atoms with van der Waals surface area (Å²) >= 11 is 0. The molecule has 0 spiro atoms. The minimum atomic E-state index is -3.42. The third kappa shape index (κ3) is 1.92. The lowest BCUT2D eigenvalue weighted by atomic mass is 10.0. The number of rotatable bonds is 4. The van der Waals surface area contributed by atoms with Gasteiger partial charge in [0.2, 0.25) is 5.60 Å². The fourth-order valence-electron chi connectivity index (χ4n) is 0.444. The Labute approximate surface area is 65.9 Å². The quantitative estimate of drug-likeness (QED) is 0.413. The Balaban J connectivity index is 4.75. The normalized spacial score (nSPS) is 14.8. The van der Waals surface area contributed by atoms with E-state index >= 15 is 0 Å². The summed E-state index contributed by atoms with van der Waals surface area (Å²) in [6.07, 6.45) is -1.55. The fraction of sp³-hybridized carbons (Fsp3) is 0.400. The average molecular weight is 176 g/mol. The predicted octanol–water partition coefficient (Wildman–Crippen LogP) is -4.31. The van der Waals surface area contributed by atoms with Crippen molar-refractivity contribution in [3.63, 3.8) is 0 Å². The standard InChI is InChI=1S/C5H6O7/c6-2(7)1-5(12,3(8)9)4(10)11/h12H,1H2,(H,6,7)(H,8,9)(H,10,11)/p-2.